The highest BCUT2D eigenvalue weighted by atomic mass is 32.1. The van der Waals surface area contributed by atoms with E-state index in [1.54, 1.807) is 22.7 Å². The lowest BCUT2D eigenvalue weighted by Gasteiger charge is -2.10. The first-order valence-electron chi connectivity index (χ1n) is 6.36. The van der Waals surface area contributed by atoms with Crippen LogP contribution in [0.4, 0.5) is 0 Å². The van der Waals surface area contributed by atoms with E-state index in [2.05, 4.69) is 57.7 Å². The maximum Gasteiger partial charge on any atom is 0.191 e. The molecule has 0 aromatic carbocycles. The standard InChI is InChI=1S/C14H19N3S2/c1-3-15-14(16-8-12-5-6-18-10-12)17-9-13-11(2)4-7-19-13/h4-7,10H,3,8-9H2,1-2H3,(H2,15,16,17). The molecule has 2 N–H and O–H groups in total. The van der Waals surface area contributed by atoms with E-state index in [0.29, 0.717) is 0 Å². The summed E-state index contributed by atoms with van der Waals surface area (Å²) < 4.78 is 0. The lowest BCUT2D eigenvalue weighted by atomic mass is 10.3. The van der Waals surface area contributed by atoms with E-state index < -0.39 is 0 Å². The summed E-state index contributed by atoms with van der Waals surface area (Å²) in [6.07, 6.45) is 0. The molecule has 3 nitrogen and oxygen atoms in total. The van der Waals surface area contributed by atoms with Crippen molar-refractivity contribution in [1.82, 2.24) is 10.6 Å². The van der Waals surface area contributed by atoms with Gasteiger partial charge in [0.05, 0.1) is 13.1 Å². The molecule has 0 unspecified atom stereocenters. The Morgan fingerprint density at radius 3 is 2.79 bits per heavy atom. The molecular weight excluding hydrogens is 274 g/mol. The minimum absolute atomic E-state index is 0.724. The maximum absolute atomic E-state index is 4.59. The third-order valence-electron chi connectivity index (χ3n) is 2.73. The fourth-order valence-corrected chi connectivity index (χ4v) is 3.15. The van der Waals surface area contributed by atoms with Crippen LogP contribution < -0.4 is 10.6 Å². The molecule has 19 heavy (non-hydrogen) atoms. The first kappa shape index (κ1) is 14.1. The van der Waals surface area contributed by atoms with E-state index >= 15 is 0 Å². The van der Waals surface area contributed by atoms with Gasteiger partial charge in [0.25, 0.3) is 0 Å². The summed E-state index contributed by atoms with van der Waals surface area (Å²) in [4.78, 5) is 5.95. The van der Waals surface area contributed by atoms with Crippen molar-refractivity contribution in [2.45, 2.75) is 26.9 Å². The number of nitrogens with one attached hydrogen (secondary N) is 2. The minimum atomic E-state index is 0.724. The van der Waals surface area contributed by atoms with E-state index in [-0.39, 0.29) is 0 Å². The van der Waals surface area contributed by atoms with Crippen LogP contribution in [0, 0.1) is 6.92 Å². The number of aliphatic imine (C=N–C) groups is 1. The first-order chi connectivity index (χ1) is 9.29. The molecule has 0 saturated carbocycles. The van der Waals surface area contributed by atoms with Gasteiger partial charge in [-0.1, -0.05) is 0 Å². The summed E-state index contributed by atoms with van der Waals surface area (Å²) in [5.74, 6) is 0.876. The molecule has 0 saturated heterocycles. The van der Waals surface area contributed by atoms with Crippen molar-refractivity contribution in [3.05, 3.63) is 44.3 Å². The number of rotatable bonds is 5. The summed E-state index contributed by atoms with van der Waals surface area (Å²) >= 11 is 3.49. The zero-order valence-electron chi connectivity index (χ0n) is 11.3. The zero-order valence-corrected chi connectivity index (χ0v) is 12.9. The third-order valence-corrected chi connectivity index (χ3v) is 4.48. The van der Waals surface area contributed by atoms with Gasteiger partial charge >= 0.3 is 0 Å². The average molecular weight is 293 g/mol. The first-order valence-corrected chi connectivity index (χ1v) is 8.18. The van der Waals surface area contributed by atoms with Gasteiger partial charge in [-0.3, -0.25) is 0 Å². The van der Waals surface area contributed by atoms with Crippen LogP contribution in [0.25, 0.3) is 0 Å². The molecule has 0 spiro atoms. The molecule has 0 radical (unpaired) electrons. The minimum Gasteiger partial charge on any atom is -0.357 e. The van der Waals surface area contributed by atoms with Crippen molar-refractivity contribution in [2.75, 3.05) is 6.54 Å². The molecule has 0 fully saturated rings. The molecule has 2 aromatic heterocycles. The van der Waals surface area contributed by atoms with Crippen LogP contribution in [-0.2, 0) is 13.1 Å². The maximum atomic E-state index is 4.59. The van der Waals surface area contributed by atoms with Crippen LogP contribution >= 0.6 is 22.7 Å². The third kappa shape index (κ3) is 4.36. The predicted octanol–water partition coefficient (Wildman–Crippen LogP) is 3.37. The number of guanidine groups is 1. The molecule has 0 aliphatic rings. The van der Waals surface area contributed by atoms with Crippen molar-refractivity contribution in [2.24, 2.45) is 4.99 Å². The number of hydrogen-bond acceptors (Lipinski definition) is 3. The van der Waals surface area contributed by atoms with Gasteiger partial charge in [-0.05, 0) is 53.2 Å². The van der Waals surface area contributed by atoms with Crippen LogP contribution in [0.2, 0.25) is 0 Å². The van der Waals surface area contributed by atoms with Crippen LogP contribution in [0.5, 0.6) is 0 Å². The lowest BCUT2D eigenvalue weighted by Crippen LogP contribution is -2.36. The number of hydrogen-bond donors (Lipinski definition) is 2. The molecular formula is C14H19N3S2. The van der Waals surface area contributed by atoms with E-state index in [0.717, 1.165) is 25.6 Å². The Hall–Kier alpha value is -1.33. The van der Waals surface area contributed by atoms with Crippen molar-refractivity contribution in [3.8, 4) is 0 Å². The molecule has 0 amide bonds. The Balaban J connectivity index is 1.92. The van der Waals surface area contributed by atoms with Gasteiger partial charge in [-0.25, -0.2) is 4.99 Å². The normalized spacial score (nSPS) is 11.6. The number of nitrogens with zero attached hydrogens (tertiary/aromatic N) is 1. The topological polar surface area (TPSA) is 36.4 Å². The van der Waals surface area contributed by atoms with E-state index in [9.17, 15) is 0 Å². The Labute approximate surface area is 122 Å². The second-order valence-electron chi connectivity index (χ2n) is 4.21. The van der Waals surface area contributed by atoms with Crippen molar-refractivity contribution in [3.63, 3.8) is 0 Å². The molecule has 2 rings (SSSR count). The van der Waals surface area contributed by atoms with E-state index in [1.165, 1.54) is 16.0 Å². The van der Waals surface area contributed by atoms with Gasteiger partial charge in [0.2, 0.25) is 0 Å². The largest absolute Gasteiger partial charge is 0.357 e. The molecule has 0 atom stereocenters. The molecule has 0 bridgehead atoms. The second kappa shape index (κ2) is 7.31. The molecule has 0 aliphatic carbocycles. The van der Waals surface area contributed by atoms with Crippen LogP contribution in [0.3, 0.4) is 0 Å². The predicted molar refractivity (Wildman–Crippen MR) is 85.0 cm³/mol. The fraction of sp³-hybridized carbons (Fsp3) is 0.357. The van der Waals surface area contributed by atoms with Crippen molar-refractivity contribution < 1.29 is 0 Å². The lowest BCUT2D eigenvalue weighted by molar-refractivity contribution is 0.821. The van der Waals surface area contributed by atoms with Gasteiger partial charge < -0.3 is 10.6 Å². The van der Waals surface area contributed by atoms with E-state index in [4.69, 9.17) is 0 Å². The SMILES string of the molecule is CCNC(=NCc1ccsc1)NCc1sccc1C. The Morgan fingerprint density at radius 1 is 1.26 bits per heavy atom. The second-order valence-corrected chi connectivity index (χ2v) is 5.99. The smallest absolute Gasteiger partial charge is 0.191 e. The molecule has 0 aliphatic heterocycles. The molecule has 2 aromatic rings. The monoisotopic (exact) mass is 293 g/mol. The number of thiophene rings is 2. The molecule has 5 heteroatoms. The number of aryl methyl sites for hydroxylation is 1. The summed E-state index contributed by atoms with van der Waals surface area (Å²) in [5.41, 5.74) is 2.60. The van der Waals surface area contributed by atoms with Crippen molar-refractivity contribution >= 4 is 28.6 Å². The zero-order chi connectivity index (χ0) is 13.5. The van der Waals surface area contributed by atoms with Crippen LogP contribution in [0.15, 0.2) is 33.3 Å². The fourth-order valence-electron chi connectivity index (χ4n) is 1.64. The summed E-state index contributed by atoms with van der Waals surface area (Å²) in [7, 11) is 0. The Morgan fingerprint density at radius 2 is 2.16 bits per heavy atom. The van der Waals surface area contributed by atoms with Gasteiger partial charge in [0, 0.05) is 11.4 Å². The van der Waals surface area contributed by atoms with Crippen LogP contribution in [0.1, 0.15) is 22.9 Å². The van der Waals surface area contributed by atoms with Gasteiger partial charge in [-0.2, -0.15) is 11.3 Å². The van der Waals surface area contributed by atoms with Gasteiger partial charge in [0.15, 0.2) is 5.96 Å². The summed E-state index contributed by atoms with van der Waals surface area (Å²) in [6.45, 7) is 6.65. The highest BCUT2D eigenvalue weighted by Gasteiger charge is 2.02. The summed E-state index contributed by atoms with van der Waals surface area (Å²) in [6, 6.07) is 4.26. The van der Waals surface area contributed by atoms with Gasteiger partial charge in [-0.15, -0.1) is 11.3 Å². The molecule has 2 heterocycles. The van der Waals surface area contributed by atoms with E-state index in [1.807, 2.05) is 0 Å². The van der Waals surface area contributed by atoms with Crippen molar-refractivity contribution in [1.29, 1.82) is 0 Å². The highest BCUT2D eigenvalue weighted by molar-refractivity contribution is 7.10. The molecule has 102 valence electrons. The Kier molecular flexibility index (Phi) is 5.42. The van der Waals surface area contributed by atoms with Crippen LogP contribution in [-0.4, -0.2) is 12.5 Å². The van der Waals surface area contributed by atoms with Gasteiger partial charge in [0.1, 0.15) is 0 Å². The summed E-state index contributed by atoms with van der Waals surface area (Å²) in [5, 5.41) is 13.0. The Bertz CT molecular complexity index is 515. The quantitative estimate of drug-likeness (QED) is 0.655. The average Bonchev–Trinajstić information content (AvgIpc) is 3.04. The highest BCUT2D eigenvalue weighted by Crippen LogP contribution is 2.14.